The summed E-state index contributed by atoms with van der Waals surface area (Å²) in [6.45, 7) is 4.43. The van der Waals surface area contributed by atoms with Gasteiger partial charge in [0.25, 0.3) is 10.1 Å². The van der Waals surface area contributed by atoms with Gasteiger partial charge in [-0.3, -0.25) is 9.35 Å². The Morgan fingerprint density at radius 1 is 0.692 bits per heavy atom. The van der Waals surface area contributed by atoms with Gasteiger partial charge in [-0.1, -0.05) is 128 Å². The van der Waals surface area contributed by atoms with Crippen LogP contribution in [0.2, 0.25) is 0 Å². The number of nitrogens with one attached hydrogen (secondary N) is 1. The third-order valence-corrected chi connectivity index (χ3v) is 7.94. The molecule has 3 N–H and O–H groups in total. The van der Waals surface area contributed by atoms with Crippen molar-refractivity contribution in [2.75, 3.05) is 5.75 Å². The molecule has 0 heterocycles. The maximum atomic E-state index is 12.4. The van der Waals surface area contributed by atoms with Crippen LogP contribution in [0.3, 0.4) is 0 Å². The van der Waals surface area contributed by atoms with Gasteiger partial charge in [0.15, 0.2) is 0 Å². The molecule has 230 valence electrons. The molecule has 0 fully saturated rings. The lowest BCUT2D eigenvalue weighted by Gasteiger charge is -2.23. The predicted molar refractivity (Wildman–Crippen MR) is 166 cm³/mol. The number of carbonyl (C=O) groups is 1. The Balaban J connectivity index is 3.98. The standard InChI is InChI=1S/C32H61NO5S/c1-3-5-7-9-11-13-14-15-16-17-18-19-20-22-24-26-28-32(35)33-30(29-39(36,37)38)31(34)27-25-23-21-12-10-8-6-4-2/h13-14,16-17,30-31,34H,3-12,15,18-29H2,1-2H3,(H,33,35)(H,36,37,38)/b14-13-,17-16-. The number of rotatable bonds is 28. The molecule has 0 aromatic heterocycles. The summed E-state index contributed by atoms with van der Waals surface area (Å²) in [5.41, 5.74) is 0. The van der Waals surface area contributed by atoms with Gasteiger partial charge in [0, 0.05) is 6.42 Å². The van der Waals surface area contributed by atoms with Crippen molar-refractivity contribution in [2.24, 2.45) is 0 Å². The van der Waals surface area contributed by atoms with Crippen LogP contribution in [0.4, 0.5) is 0 Å². The molecule has 0 spiro atoms. The first-order valence-corrected chi connectivity index (χ1v) is 17.6. The zero-order chi connectivity index (χ0) is 29.0. The van der Waals surface area contributed by atoms with E-state index in [-0.39, 0.29) is 5.91 Å². The van der Waals surface area contributed by atoms with Gasteiger partial charge in [0.1, 0.15) is 0 Å². The number of aliphatic hydroxyl groups excluding tert-OH is 1. The minimum Gasteiger partial charge on any atom is -0.391 e. The Kier molecular flexibility index (Phi) is 26.2. The zero-order valence-corrected chi connectivity index (χ0v) is 26.1. The van der Waals surface area contributed by atoms with Crippen LogP contribution in [0.1, 0.15) is 155 Å². The number of hydrogen-bond acceptors (Lipinski definition) is 4. The number of unbranched alkanes of at least 4 members (excludes halogenated alkanes) is 16. The lowest BCUT2D eigenvalue weighted by molar-refractivity contribution is -0.122. The number of carbonyl (C=O) groups excluding carboxylic acids is 1. The van der Waals surface area contributed by atoms with Crippen molar-refractivity contribution in [1.82, 2.24) is 5.32 Å². The SMILES string of the molecule is CCCCCC/C=C\C/C=C\CCCCCCCC(=O)NC(CS(=O)(=O)O)C(O)CCCCCCCCCC. The minimum absolute atomic E-state index is 0.264. The Hall–Kier alpha value is -1.18. The average molecular weight is 572 g/mol. The maximum absolute atomic E-state index is 12.4. The molecular formula is C32H61NO5S. The number of aliphatic hydroxyl groups is 1. The molecule has 2 atom stereocenters. The highest BCUT2D eigenvalue weighted by molar-refractivity contribution is 7.85. The van der Waals surface area contributed by atoms with E-state index in [1.54, 1.807) is 0 Å². The molecular weight excluding hydrogens is 510 g/mol. The second kappa shape index (κ2) is 27.0. The Morgan fingerprint density at radius 3 is 1.69 bits per heavy atom. The first-order valence-electron chi connectivity index (χ1n) is 16.0. The molecule has 6 nitrogen and oxygen atoms in total. The van der Waals surface area contributed by atoms with E-state index in [1.165, 1.54) is 64.2 Å². The topological polar surface area (TPSA) is 104 Å². The zero-order valence-electron chi connectivity index (χ0n) is 25.3. The number of hydrogen-bond donors (Lipinski definition) is 3. The van der Waals surface area contributed by atoms with Gasteiger partial charge in [0.2, 0.25) is 5.91 Å². The molecule has 0 saturated heterocycles. The minimum atomic E-state index is -4.30. The van der Waals surface area contributed by atoms with Gasteiger partial charge in [0.05, 0.1) is 17.9 Å². The summed E-state index contributed by atoms with van der Waals surface area (Å²) < 4.78 is 32.2. The molecule has 0 rings (SSSR count). The first kappa shape index (κ1) is 37.8. The number of allylic oxidation sites excluding steroid dienone is 4. The summed E-state index contributed by atoms with van der Waals surface area (Å²) in [4.78, 5) is 12.4. The Bertz CT molecular complexity index is 720. The van der Waals surface area contributed by atoms with Crippen molar-refractivity contribution in [3.05, 3.63) is 24.3 Å². The number of amides is 1. The molecule has 0 aromatic rings. The van der Waals surface area contributed by atoms with Gasteiger partial charge in [-0.2, -0.15) is 8.42 Å². The molecule has 1 amide bonds. The van der Waals surface area contributed by atoms with Crippen molar-refractivity contribution < 1.29 is 22.9 Å². The first-order chi connectivity index (χ1) is 18.8. The fraction of sp³-hybridized carbons (Fsp3) is 0.844. The van der Waals surface area contributed by atoms with E-state index in [9.17, 15) is 22.9 Å². The van der Waals surface area contributed by atoms with Crippen LogP contribution in [0, 0.1) is 0 Å². The Labute approximate surface area is 241 Å². The Morgan fingerprint density at radius 2 is 1.15 bits per heavy atom. The van der Waals surface area contributed by atoms with Crippen LogP contribution in [0.15, 0.2) is 24.3 Å². The fourth-order valence-electron chi connectivity index (χ4n) is 4.72. The van der Waals surface area contributed by atoms with Crippen LogP contribution in [-0.4, -0.2) is 41.9 Å². The fourth-order valence-corrected chi connectivity index (χ4v) is 5.48. The van der Waals surface area contributed by atoms with E-state index in [4.69, 9.17) is 0 Å². The smallest absolute Gasteiger partial charge is 0.266 e. The van der Waals surface area contributed by atoms with Crippen molar-refractivity contribution in [3.8, 4) is 0 Å². The van der Waals surface area contributed by atoms with E-state index >= 15 is 0 Å². The molecule has 0 aromatic carbocycles. The second-order valence-corrected chi connectivity index (χ2v) is 12.6. The van der Waals surface area contributed by atoms with E-state index in [0.717, 1.165) is 64.2 Å². The van der Waals surface area contributed by atoms with Crippen molar-refractivity contribution >= 4 is 16.0 Å². The van der Waals surface area contributed by atoms with Crippen LogP contribution in [0.5, 0.6) is 0 Å². The molecule has 0 aliphatic carbocycles. The van der Waals surface area contributed by atoms with Crippen molar-refractivity contribution in [3.63, 3.8) is 0 Å². The van der Waals surface area contributed by atoms with Crippen LogP contribution >= 0.6 is 0 Å². The van der Waals surface area contributed by atoms with E-state index in [1.807, 2.05) is 0 Å². The largest absolute Gasteiger partial charge is 0.391 e. The summed E-state index contributed by atoms with van der Waals surface area (Å²) >= 11 is 0. The second-order valence-electron chi connectivity index (χ2n) is 11.1. The summed E-state index contributed by atoms with van der Waals surface area (Å²) in [5, 5.41) is 13.2. The molecule has 0 bridgehead atoms. The summed E-state index contributed by atoms with van der Waals surface area (Å²) in [6.07, 6.45) is 31.3. The lowest BCUT2D eigenvalue weighted by atomic mass is 10.0. The normalized spacial score (nSPS) is 13.8. The van der Waals surface area contributed by atoms with Crippen LogP contribution in [0.25, 0.3) is 0 Å². The predicted octanol–water partition coefficient (Wildman–Crippen LogP) is 8.45. The molecule has 39 heavy (non-hydrogen) atoms. The van der Waals surface area contributed by atoms with Crippen molar-refractivity contribution in [2.45, 2.75) is 167 Å². The van der Waals surface area contributed by atoms with Crippen LogP contribution < -0.4 is 5.32 Å². The summed E-state index contributed by atoms with van der Waals surface area (Å²) in [5.74, 6) is -0.917. The highest BCUT2D eigenvalue weighted by Gasteiger charge is 2.26. The third-order valence-electron chi connectivity index (χ3n) is 7.16. The van der Waals surface area contributed by atoms with Gasteiger partial charge < -0.3 is 10.4 Å². The van der Waals surface area contributed by atoms with E-state index in [2.05, 4.69) is 43.5 Å². The van der Waals surface area contributed by atoms with Gasteiger partial charge >= 0.3 is 0 Å². The molecule has 2 unspecified atom stereocenters. The lowest BCUT2D eigenvalue weighted by Crippen LogP contribution is -2.47. The van der Waals surface area contributed by atoms with Crippen molar-refractivity contribution in [1.29, 1.82) is 0 Å². The third kappa shape index (κ3) is 28.2. The average Bonchev–Trinajstić information content (AvgIpc) is 2.88. The molecule has 7 heteroatoms. The van der Waals surface area contributed by atoms with Gasteiger partial charge in [-0.25, -0.2) is 0 Å². The van der Waals surface area contributed by atoms with Crippen LogP contribution in [-0.2, 0) is 14.9 Å². The molecule has 0 aliphatic heterocycles. The highest BCUT2D eigenvalue weighted by Crippen LogP contribution is 2.14. The highest BCUT2D eigenvalue weighted by atomic mass is 32.2. The quantitative estimate of drug-likeness (QED) is 0.0496. The van der Waals surface area contributed by atoms with E-state index in [0.29, 0.717) is 12.8 Å². The molecule has 0 radical (unpaired) electrons. The van der Waals surface area contributed by atoms with E-state index < -0.39 is 28.0 Å². The maximum Gasteiger partial charge on any atom is 0.266 e. The summed E-state index contributed by atoms with van der Waals surface area (Å²) in [7, 11) is -4.30. The van der Waals surface area contributed by atoms with Gasteiger partial charge in [-0.05, 0) is 44.9 Å². The monoisotopic (exact) mass is 571 g/mol. The molecule has 0 aliphatic rings. The molecule has 0 saturated carbocycles. The van der Waals surface area contributed by atoms with Gasteiger partial charge in [-0.15, -0.1) is 0 Å². The summed E-state index contributed by atoms with van der Waals surface area (Å²) in [6, 6.07) is -0.972.